The molecule has 6 nitrogen and oxygen atoms in total. The summed E-state index contributed by atoms with van der Waals surface area (Å²) in [6.07, 6.45) is 4.14. The molecule has 1 aliphatic heterocycles. The van der Waals surface area contributed by atoms with Crippen LogP contribution in [0.1, 0.15) is 35.4 Å². The first-order valence-corrected chi connectivity index (χ1v) is 10.1. The molecule has 3 heterocycles. The number of hydrogen-bond donors (Lipinski definition) is 0. The monoisotopic (exact) mass is 394 g/mol. The first kappa shape index (κ1) is 18.1. The third-order valence-corrected chi connectivity index (χ3v) is 5.74. The van der Waals surface area contributed by atoms with E-state index in [1.165, 1.54) is 0 Å². The molecule has 1 amide bonds. The highest BCUT2D eigenvalue weighted by atomic mass is 19.1. The Balaban J connectivity index is 1.21. The van der Waals surface area contributed by atoms with Crippen molar-refractivity contribution in [3.63, 3.8) is 0 Å². The van der Waals surface area contributed by atoms with Crippen LogP contribution in [-0.4, -0.2) is 47.0 Å². The average Bonchev–Trinajstić information content (AvgIpc) is 3.49. The van der Waals surface area contributed by atoms with E-state index in [0.717, 1.165) is 24.0 Å². The van der Waals surface area contributed by atoms with E-state index in [1.807, 2.05) is 24.0 Å². The molecule has 0 bridgehead atoms. The quantitative estimate of drug-likeness (QED) is 0.678. The van der Waals surface area contributed by atoms with Gasteiger partial charge in [0.2, 0.25) is 11.6 Å². The highest BCUT2D eigenvalue weighted by Crippen LogP contribution is 2.40. The largest absolute Gasteiger partial charge is 0.422 e. The first-order chi connectivity index (χ1) is 14.1. The minimum absolute atomic E-state index is 0.0439. The van der Waals surface area contributed by atoms with Crippen LogP contribution in [-0.2, 0) is 11.2 Å². The molecule has 29 heavy (non-hydrogen) atoms. The zero-order valence-corrected chi connectivity index (χ0v) is 16.4. The number of piperazine rings is 1. The number of oxazole rings is 1. The van der Waals surface area contributed by atoms with Crippen molar-refractivity contribution in [2.75, 3.05) is 31.1 Å². The minimum atomic E-state index is -0.268. The van der Waals surface area contributed by atoms with Crippen molar-refractivity contribution in [2.24, 2.45) is 0 Å². The second-order valence-corrected chi connectivity index (χ2v) is 8.00. The van der Waals surface area contributed by atoms with Gasteiger partial charge in [-0.3, -0.25) is 4.79 Å². The second-order valence-electron chi connectivity index (χ2n) is 8.00. The van der Waals surface area contributed by atoms with E-state index in [0.29, 0.717) is 54.9 Å². The van der Waals surface area contributed by atoms with E-state index in [2.05, 4.69) is 9.97 Å². The molecule has 7 heteroatoms. The summed E-state index contributed by atoms with van der Waals surface area (Å²) in [5, 5.41) is 0. The summed E-state index contributed by atoms with van der Waals surface area (Å²) in [7, 11) is 0. The van der Waals surface area contributed by atoms with E-state index >= 15 is 0 Å². The number of rotatable bonds is 4. The van der Waals surface area contributed by atoms with Crippen LogP contribution in [0.2, 0.25) is 0 Å². The lowest BCUT2D eigenvalue weighted by molar-refractivity contribution is -0.130. The number of carbonyl (C=O) groups is 1. The number of aryl methyl sites for hydroxylation is 1. The molecular formula is C22H23FN4O2. The molecular weight excluding hydrogens is 371 g/mol. The predicted octanol–water partition coefficient (Wildman–Crippen LogP) is 3.44. The lowest BCUT2D eigenvalue weighted by atomic mass is 10.0. The molecule has 0 atom stereocenters. The van der Waals surface area contributed by atoms with Gasteiger partial charge in [0.25, 0.3) is 6.01 Å². The van der Waals surface area contributed by atoms with E-state index in [-0.39, 0.29) is 18.1 Å². The number of carbonyl (C=O) groups excluding carboxylic acids is 1. The highest BCUT2D eigenvalue weighted by Gasteiger charge is 2.26. The van der Waals surface area contributed by atoms with Gasteiger partial charge in [-0.05, 0) is 54.5 Å². The van der Waals surface area contributed by atoms with Gasteiger partial charge in [-0.2, -0.15) is 4.98 Å². The first-order valence-electron chi connectivity index (χ1n) is 10.1. The van der Waals surface area contributed by atoms with Gasteiger partial charge >= 0.3 is 0 Å². The molecule has 1 aromatic carbocycles. The number of pyridine rings is 1. The fraction of sp³-hybridized carbons (Fsp3) is 0.409. The Morgan fingerprint density at radius 1 is 1.21 bits per heavy atom. The van der Waals surface area contributed by atoms with Crippen molar-refractivity contribution >= 4 is 23.2 Å². The molecule has 0 N–H and O–H groups in total. The number of hydrogen-bond acceptors (Lipinski definition) is 5. The van der Waals surface area contributed by atoms with Gasteiger partial charge in [0.1, 0.15) is 5.82 Å². The molecule has 0 spiro atoms. The number of halogens is 1. The Kier molecular flexibility index (Phi) is 4.45. The summed E-state index contributed by atoms with van der Waals surface area (Å²) in [6.45, 7) is 4.33. The molecule has 2 aromatic heterocycles. The maximum absolute atomic E-state index is 14.4. The van der Waals surface area contributed by atoms with Gasteiger partial charge in [-0.25, -0.2) is 9.37 Å². The SMILES string of the molecule is Cc1cnc2nc(N3CCN(C(=O)Cc4ccc(C5CC5)cc4F)CC3)oc2c1. The van der Waals surface area contributed by atoms with Gasteiger partial charge in [0.05, 0.1) is 6.42 Å². The van der Waals surface area contributed by atoms with Gasteiger partial charge in [0, 0.05) is 32.4 Å². The van der Waals surface area contributed by atoms with Crippen LogP contribution in [0.5, 0.6) is 0 Å². The van der Waals surface area contributed by atoms with Gasteiger partial charge in [-0.1, -0.05) is 12.1 Å². The Morgan fingerprint density at radius 2 is 2.00 bits per heavy atom. The van der Waals surface area contributed by atoms with E-state index in [1.54, 1.807) is 23.2 Å². The fourth-order valence-corrected chi connectivity index (χ4v) is 3.84. The van der Waals surface area contributed by atoms with Crippen molar-refractivity contribution in [3.05, 3.63) is 53.0 Å². The maximum atomic E-state index is 14.4. The number of benzene rings is 1. The third-order valence-electron chi connectivity index (χ3n) is 5.74. The van der Waals surface area contributed by atoms with Crippen LogP contribution in [0.25, 0.3) is 11.2 Å². The van der Waals surface area contributed by atoms with Crippen molar-refractivity contribution < 1.29 is 13.6 Å². The smallest absolute Gasteiger partial charge is 0.300 e. The summed E-state index contributed by atoms with van der Waals surface area (Å²) >= 11 is 0. The van der Waals surface area contributed by atoms with Crippen LogP contribution < -0.4 is 4.90 Å². The molecule has 0 radical (unpaired) electrons. The number of aromatic nitrogens is 2. The number of nitrogens with zero attached hydrogens (tertiary/aromatic N) is 4. The van der Waals surface area contributed by atoms with Crippen LogP contribution in [0.15, 0.2) is 34.9 Å². The maximum Gasteiger partial charge on any atom is 0.300 e. The van der Waals surface area contributed by atoms with Crippen LogP contribution in [0.3, 0.4) is 0 Å². The minimum Gasteiger partial charge on any atom is -0.422 e. The summed E-state index contributed by atoms with van der Waals surface area (Å²) in [4.78, 5) is 25.2. The van der Waals surface area contributed by atoms with Gasteiger partial charge in [-0.15, -0.1) is 0 Å². The molecule has 5 rings (SSSR count). The zero-order chi connectivity index (χ0) is 20.0. The molecule has 1 saturated heterocycles. The third kappa shape index (κ3) is 3.69. The summed E-state index contributed by atoms with van der Waals surface area (Å²) in [6, 6.07) is 7.78. The summed E-state index contributed by atoms with van der Waals surface area (Å²) in [5.41, 5.74) is 3.81. The molecule has 1 aliphatic carbocycles. The van der Waals surface area contributed by atoms with Crippen molar-refractivity contribution in [3.8, 4) is 0 Å². The highest BCUT2D eigenvalue weighted by molar-refractivity contribution is 5.79. The zero-order valence-electron chi connectivity index (χ0n) is 16.4. The lowest BCUT2D eigenvalue weighted by Crippen LogP contribution is -2.49. The fourth-order valence-electron chi connectivity index (χ4n) is 3.84. The Morgan fingerprint density at radius 3 is 2.72 bits per heavy atom. The average molecular weight is 394 g/mol. The molecule has 2 aliphatic rings. The van der Waals surface area contributed by atoms with E-state index in [9.17, 15) is 9.18 Å². The Bertz CT molecular complexity index is 1070. The number of amides is 1. The summed E-state index contributed by atoms with van der Waals surface area (Å²) < 4.78 is 20.2. The molecule has 1 saturated carbocycles. The normalized spacial score (nSPS) is 17.2. The summed E-state index contributed by atoms with van der Waals surface area (Å²) in [5.74, 6) is 0.196. The van der Waals surface area contributed by atoms with Crippen LogP contribution in [0.4, 0.5) is 10.4 Å². The molecule has 2 fully saturated rings. The standard InChI is InChI=1S/C22H23FN4O2/c1-14-10-19-21(24-13-14)25-22(29-19)27-8-6-26(7-9-27)20(28)12-17-5-4-16(11-18(17)23)15-2-3-15/h4-5,10-11,13,15H,2-3,6-9,12H2,1H3. The van der Waals surface area contributed by atoms with Gasteiger partial charge < -0.3 is 14.2 Å². The topological polar surface area (TPSA) is 62.5 Å². The van der Waals surface area contributed by atoms with Crippen LogP contribution >= 0.6 is 0 Å². The molecule has 150 valence electrons. The van der Waals surface area contributed by atoms with Crippen molar-refractivity contribution in [1.82, 2.24) is 14.9 Å². The van der Waals surface area contributed by atoms with Gasteiger partial charge in [0.15, 0.2) is 5.58 Å². The number of fused-ring (bicyclic) bond motifs is 1. The molecule has 0 unspecified atom stereocenters. The van der Waals surface area contributed by atoms with E-state index in [4.69, 9.17) is 4.42 Å². The Labute approximate surface area is 168 Å². The molecule has 3 aromatic rings. The Hall–Kier alpha value is -2.96. The predicted molar refractivity (Wildman–Crippen MR) is 107 cm³/mol. The van der Waals surface area contributed by atoms with Crippen LogP contribution in [0, 0.1) is 12.7 Å². The second kappa shape index (κ2) is 7.13. The number of anilines is 1. The lowest BCUT2D eigenvalue weighted by Gasteiger charge is -2.33. The van der Waals surface area contributed by atoms with E-state index < -0.39 is 0 Å². The van der Waals surface area contributed by atoms with Crippen molar-refractivity contribution in [2.45, 2.75) is 32.1 Å². The van der Waals surface area contributed by atoms with Crippen molar-refractivity contribution in [1.29, 1.82) is 0 Å².